The zero-order valence-electron chi connectivity index (χ0n) is 37.0. The molecule has 5 heterocycles. The minimum absolute atomic E-state index is 0.147. The monoisotopic (exact) mass is 875 g/mol. The summed E-state index contributed by atoms with van der Waals surface area (Å²) in [5, 5.41) is 16.0. The fraction of sp³-hybridized carbons (Fsp3) is 0.426. The molecule has 0 spiro atoms. The van der Waals surface area contributed by atoms with E-state index in [1.54, 1.807) is 41.7 Å². The molecule has 16 heteroatoms. The molecule has 4 amide bonds. The van der Waals surface area contributed by atoms with Gasteiger partial charge in [0.1, 0.15) is 30.1 Å². The first kappa shape index (κ1) is 44.9. The summed E-state index contributed by atoms with van der Waals surface area (Å²) in [6, 6.07) is 17.3. The summed E-state index contributed by atoms with van der Waals surface area (Å²) < 4.78 is 11.8. The summed E-state index contributed by atoms with van der Waals surface area (Å²) >= 11 is 1.60. The van der Waals surface area contributed by atoms with E-state index in [2.05, 4.69) is 41.0 Å². The lowest BCUT2D eigenvalue weighted by Gasteiger charge is -2.36. The number of pyridine rings is 1. The first-order chi connectivity index (χ1) is 30.2. The normalized spacial score (nSPS) is 16.7. The number of amides is 4. The van der Waals surface area contributed by atoms with Crippen molar-refractivity contribution < 1.29 is 28.7 Å². The molecular formula is C47H57N9O6S. The molecule has 2 aromatic carbocycles. The van der Waals surface area contributed by atoms with Crippen molar-refractivity contribution in [1.29, 1.82) is 0 Å². The number of anilines is 2. The smallest absolute Gasteiger partial charge is 0.274 e. The van der Waals surface area contributed by atoms with Crippen LogP contribution in [0.25, 0.3) is 21.8 Å². The van der Waals surface area contributed by atoms with Crippen LogP contribution in [-0.2, 0) is 19.1 Å². The van der Waals surface area contributed by atoms with Crippen LogP contribution in [0, 0.1) is 19.3 Å². The van der Waals surface area contributed by atoms with Crippen molar-refractivity contribution in [1.82, 2.24) is 35.7 Å². The zero-order valence-corrected chi connectivity index (χ0v) is 37.8. The second kappa shape index (κ2) is 19.5. The van der Waals surface area contributed by atoms with Gasteiger partial charge in [0.15, 0.2) is 0 Å². The molecular weight excluding hydrogens is 819 g/mol. The molecule has 2 aliphatic rings. The number of aromatic amines is 1. The van der Waals surface area contributed by atoms with E-state index in [4.69, 9.17) is 9.47 Å². The van der Waals surface area contributed by atoms with Crippen LogP contribution in [0.15, 0.2) is 72.4 Å². The summed E-state index contributed by atoms with van der Waals surface area (Å²) in [5.41, 5.74) is 8.27. The van der Waals surface area contributed by atoms with E-state index < -0.39 is 17.5 Å². The zero-order chi connectivity index (χ0) is 44.8. The molecule has 2 aliphatic heterocycles. The molecule has 5 aromatic rings. The first-order valence-corrected chi connectivity index (χ1v) is 22.3. The number of rotatable bonds is 14. The van der Waals surface area contributed by atoms with Crippen LogP contribution in [0.5, 0.6) is 5.75 Å². The van der Waals surface area contributed by atoms with Gasteiger partial charge in [0.05, 0.1) is 58.6 Å². The van der Waals surface area contributed by atoms with Gasteiger partial charge < -0.3 is 35.2 Å². The van der Waals surface area contributed by atoms with Gasteiger partial charge in [0, 0.05) is 31.4 Å². The van der Waals surface area contributed by atoms with Crippen molar-refractivity contribution >= 4 is 46.3 Å². The van der Waals surface area contributed by atoms with Crippen molar-refractivity contribution in [3.05, 3.63) is 94.9 Å². The maximum absolute atomic E-state index is 14.1. The van der Waals surface area contributed by atoms with Gasteiger partial charge in [-0.3, -0.25) is 24.3 Å². The van der Waals surface area contributed by atoms with Gasteiger partial charge in [0.2, 0.25) is 17.7 Å². The Morgan fingerprint density at radius 1 is 0.968 bits per heavy atom. The second-order valence-electron chi connectivity index (χ2n) is 17.3. The molecule has 7 rings (SSSR count). The Hall–Kier alpha value is -6.13. The summed E-state index contributed by atoms with van der Waals surface area (Å²) in [5.74, 6) is -0.709. The van der Waals surface area contributed by atoms with Crippen LogP contribution in [-0.4, -0.2) is 100 Å². The minimum Gasteiger partial charge on any atom is -0.494 e. The number of hydrogen-bond acceptors (Lipinski definition) is 11. The lowest BCUT2D eigenvalue weighted by atomic mass is 9.85. The molecule has 2 saturated heterocycles. The number of ether oxygens (including phenoxy) is 2. The second-order valence-corrected chi connectivity index (χ2v) is 18.2. The molecule has 0 unspecified atom stereocenters. The number of aryl methyl sites for hydroxylation is 2. The predicted molar refractivity (Wildman–Crippen MR) is 244 cm³/mol. The Balaban J connectivity index is 0.887. The average Bonchev–Trinajstić information content (AvgIpc) is 4.06. The van der Waals surface area contributed by atoms with Crippen LogP contribution < -0.4 is 25.6 Å². The molecule has 63 heavy (non-hydrogen) atoms. The number of methoxy groups -OCH3 is 1. The van der Waals surface area contributed by atoms with Crippen LogP contribution >= 0.6 is 11.3 Å². The van der Waals surface area contributed by atoms with Gasteiger partial charge in [-0.1, -0.05) is 51.1 Å². The van der Waals surface area contributed by atoms with E-state index in [-0.39, 0.29) is 48.1 Å². The van der Waals surface area contributed by atoms with E-state index >= 15 is 0 Å². The lowest BCUT2D eigenvalue weighted by Crippen LogP contribution is -2.58. The average molecular weight is 876 g/mol. The molecule has 0 aliphatic carbocycles. The van der Waals surface area contributed by atoms with Crippen molar-refractivity contribution in [3.8, 4) is 27.6 Å². The number of H-pyrrole nitrogens is 1. The molecule has 4 N–H and O–H groups in total. The number of likely N-dealkylation sites (tertiary alicyclic amines) is 1. The highest BCUT2D eigenvalue weighted by atomic mass is 32.1. The number of nitrogens with zero attached hydrogens (tertiary/aromatic N) is 5. The van der Waals surface area contributed by atoms with Crippen molar-refractivity contribution in [3.63, 3.8) is 0 Å². The quantitative estimate of drug-likeness (QED) is 0.0920. The van der Waals surface area contributed by atoms with Crippen molar-refractivity contribution in [2.24, 2.45) is 5.41 Å². The predicted octanol–water partition coefficient (Wildman–Crippen LogP) is 6.86. The number of aromatic nitrogens is 4. The van der Waals surface area contributed by atoms with Gasteiger partial charge in [-0.25, -0.2) is 9.97 Å². The molecule has 0 saturated carbocycles. The highest BCUT2D eigenvalue weighted by Crippen LogP contribution is 2.33. The van der Waals surface area contributed by atoms with E-state index in [1.807, 2.05) is 95.6 Å². The Morgan fingerprint density at radius 2 is 1.73 bits per heavy atom. The molecule has 0 bridgehead atoms. The highest BCUT2D eigenvalue weighted by molar-refractivity contribution is 7.13. The fourth-order valence-corrected chi connectivity index (χ4v) is 8.97. The third-order valence-electron chi connectivity index (χ3n) is 11.8. The van der Waals surface area contributed by atoms with Crippen LogP contribution in [0.2, 0.25) is 0 Å². The number of hydrogen-bond donors (Lipinski definition) is 4. The molecule has 0 radical (unpaired) electrons. The molecule has 2 fully saturated rings. The molecule has 332 valence electrons. The number of thiazole rings is 1. The summed E-state index contributed by atoms with van der Waals surface area (Å²) in [6.07, 6.45) is 4.18. The van der Waals surface area contributed by atoms with Crippen molar-refractivity contribution in [2.75, 3.05) is 43.6 Å². The Bertz CT molecular complexity index is 2420. The van der Waals surface area contributed by atoms with E-state index in [0.29, 0.717) is 62.4 Å². The lowest BCUT2D eigenvalue weighted by molar-refractivity contribution is -0.145. The Morgan fingerprint density at radius 3 is 2.40 bits per heavy atom. The Labute approximate surface area is 372 Å². The van der Waals surface area contributed by atoms with Crippen molar-refractivity contribution in [2.45, 2.75) is 91.5 Å². The molecule has 3 atom stereocenters. The number of nitrogens with one attached hydrogen (secondary N) is 4. The van der Waals surface area contributed by atoms with E-state index in [1.165, 1.54) is 0 Å². The SMILES string of the molecule is COc1cc(N2CCC(OCC(=O)N[C@H](C(=O)N3CCC[C@H]3C(=O)N[C@@H](C)c3ccc(-c4scnc4C)cc3)C(C)(C)C)CC2)ccc1NC(=O)c1cccc(-c2[nH]ncc2C)n1. The maximum atomic E-state index is 14.1. The highest BCUT2D eigenvalue weighted by Gasteiger charge is 2.42. The van der Waals surface area contributed by atoms with Gasteiger partial charge in [-0.2, -0.15) is 5.10 Å². The number of carbonyl (C=O) groups is 4. The third-order valence-corrected chi connectivity index (χ3v) is 12.8. The largest absolute Gasteiger partial charge is 0.494 e. The first-order valence-electron chi connectivity index (χ1n) is 21.4. The van der Waals surface area contributed by atoms with Crippen LogP contribution in [0.4, 0.5) is 11.4 Å². The fourth-order valence-electron chi connectivity index (χ4n) is 8.16. The Kier molecular flexibility index (Phi) is 13.9. The van der Waals surface area contributed by atoms with Gasteiger partial charge in [-0.15, -0.1) is 11.3 Å². The van der Waals surface area contributed by atoms with Crippen LogP contribution in [0.1, 0.15) is 86.7 Å². The maximum Gasteiger partial charge on any atom is 0.274 e. The topological polar surface area (TPSA) is 184 Å². The van der Waals surface area contributed by atoms with Gasteiger partial charge in [0.25, 0.3) is 5.91 Å². The summed E-state index contributed by atoms with van der Waals surface area (Å²) in [4.78, 5) is 68.3. The summed E-state index contributed by atoms with van der Waals surface area (Å²) in [6.45, 7) is 13.2. The molecule has 15 nitrogen and oxygen atoms in total. The summed E-state index contributed by atoms with van der Waals surface area (Å²) in [7, 11) is 1.56. The minimum atomic E-state index is -0.848. The van der Waals surface area contributed by atoms with E-state index in [0.717, 1.165) is 38.6 Å². The van der Waals surface area contributed by atoms with Gasteiger partial charge in [-0.05, 0) is 92.8 Å². The van der Waals surface area contributed by atoms with Crippen LogP contribution in [0.3, 0.4) is 0 Å². The third kappa shape index (κ3) is 10.6. The molecule has 3 aromatic heterocycles. The van der Waals surface area contributed by atoms with E-state index in [9.17, 15) is 19.2 Å². The number of benzene rings is 2. The standard InChI is InChI=1S/C47H57N9O6S/c1-28-25-49-54-41(28)36-10-8-11-37(51-36)44(58)52-35-18-17-33(24-39(35)61-7)55-22-19-34(20-23-55)62-26-40(57)53-43(47(4,5)6)46(60)56-21-9-12-38(56)45(59)50-29(2)31-13-15-32(16-14-31)42-30(3)48-27-63-42/h8,10-11,13-18,24-25,27,29,34,38,43H,9,12,19-23,26H2,1-7H3,(H,49,54)(H,50,59)(H,52,58)(H,53,57)/t29-,38-,43+/m0/s1. The van der Waals surface area contributed by atoms with Gasteiger partial charge >= 0.3 is 0 Å². The number of piperidine rings is 1. The number of carbonyl (C=O) groups excluding carboxylic acids is 4.